The van der Waals surface area contributed by atoms with E-state index in [9.17, 15) is 9.59 Å². The molecule has 9 heteroatoms. The lowest BCUT2D eigenvalue weighted by Gasteiger charge is -2.06. The van der Waals surface area contributed by atoms with Crippen LogP contribution in [0, 0.1) is 0 Å². The summed E-state index contributed by atoms with van der Waals surface area (Å²) < 4.78 is 0. The first-order valence-electron chi connectivity index (χ1n) is 7.15. The minimum Gasteiger partial charge on any atom is -0.480 e. The number of carboxylic acid groups (broad SMARTS) is 2. The molecule has 136 valence electrons. The van der Waals surface area contributed by atoms with Gasteiger partial charge in [0.05, 0.1) is 5.00 Å². The minimum absolute atomic E-state index is 0.218. The van der Waals surface area contributed by atoms with E-state index in [2.05, 4.69) is 5.32 Å². The molecule has 1 heterocycles. The van der Waals surface area contributed by atoms with Gasteiger partial charge in [-0.1, -0.05) is 23.2 Å². The third-order valence-corrected chi connectivity index (χ3v) is 4.18. The Hall–Kier alpha value is -1.80. The maximum atomic E-state index is 10.5. The zero-order valence-corrected chi connectivity index (χ0v) is 15.6. The van der Waals surface area contributed by atoms with Gasteiger partial charge in [-0.15, -0.1) is 11.3 Å². The Kier molecular flexibility index (Phi) is 8.71. The molecule has 0 aliphatic carbocycles. The highest BCUT2D eigenvalue weighted by Gasteiger charge is 2.12. The van der Waals surface area contributed by atoms with Crippen LogP contribution in [0.1, 0.15) is 12.5 Å². The molecule has 0 saturated carbocycles. The van der Waals surface area contributed by atoms with Gasteiger partial charge in [0.2, 0.25) is 0 Å². The molecule has 25 heavy (non-hydrogen) atoms. The Morgan fingerprint density at radius 1 is 1.20 bits per heavy atom. The first-order chi connectivity index (χ1) is 11.7. The summed E-state index contributed by atoms with van der Waals surface area (Å²) in [4.78, 5) is 20.9. The molecule has 0 fully saturated rings. The topological polar surface area (TPSA) is 113 Å². The molecule has 6 nitrogen and oxygen atoms in total. The number of nitrogens with two attached hydrogens (primary N) is 1. The van der Waals surface area contributed by atoms with Crippen molar-refractivity contribution in [3.63, 3.8) is 0 Å². The van der Waals surface area contributed by atoms with Gasteiger partial charge < -0.3 is 21.3 Å². The second kappa shape index (κ2) is 10.2. The molecule has 1 aromatic heterocycles. The van der Waals surface area contributed by atoms with Crippen molar-refractivity contribution in [3.05, 3.63) is 51.3 Å². The highest BCUT2D eigenvalue weighted by molar-refractivity contribution is 7.14. The molecular formula is C16H18Cl2N2O4S. The van der Waals surface area contributed by atoms with Crippen molar-refractivity contribution < 1.29 is 19.8 Å². The van der Waals surface area contributed by atoms with Crippen molar-refractivity contribution in [2.75, 3.05) is 5.32 Å². The van der Waals surface area contributed by atoms with Crippen molar-refractivity contribution in [2.24, 2.45) is 5.73 Å². The normalized spacial score (nSPS) is 12.5. The molecule has 2 rings (SSSR count). The zero-order valence-electron chi connectivity index (χ0n) is 13.3. The zero-order chi connectivity index (χ0) is 19.0. The van der Waals surface area contributed by atoms with E-state index in [1.54, 1.807) is 25.1 Å². The number of hydrogen-bond donors (Lipinski definition) is 4. The van der Waals surface area contributed by atoms with Crippen LogP contribution in [0.2, 0.25) is 10.0 Å². The van der Waals surface area contributed by atoms with Crippen molar-refractivity contribution in [3.8, 4) is 0 Å². The van der Waals surface area contributed by atoms with Gasteiger partial charge in [-0.2, -0.15) is 0 Å². The second-order valence-electron chi connectivity index (χ2n) is 5.11. The van der Waals surface area contributed by atoms with Gasteiger partial charge in [-0.05, 0) is 54.6 Å². The predicted molar refractivity (Wildman–Crippen MR) is 101 cm³/mol. The SMILES string of the molecule is C[C@H](Nc1cccs1)C(=O)O.N[C@@H](Cc1cc(Cl)cc(Cl)c1)C(=O)O. The highest BCUT2D eigenvalue weighted by atomic mass is 35.5. The lowest BCUT2D eigenvalue weighted by molar-refractivity contribution is -0.139. The van der Waals surface area contributed by atoms with Gasteiger partial charge in [-0.25, -0.2) is 0 Å². The fraction of sp³-hybridized carbons (Fsp3) is 0.250. The number of carbonyl (C=O) groups is 2. The Morgan fingerprint density at radius 3 is 2.24 bits per heavy atom. The van der Waals surface area contributed by atoms with Crippen LogP contribution in [0.4, 0.5) is 5.00 Å². The van der Waals surface area contributed by atoms with E-state index in [0.717, 1.165) is 10.6 Å². The van der Waals surface area contributed by atoms with Crippen molar-refractivity contribution in [1.29, 1.82) is 0 Å². The molecule has 0 radical (unpaired) electrons. The molecular weight excluding hydrogens is 387 g/mol. The highest BCUT2D eigenvalue weighted by Crippen LogP contribution is 2.19. The van der Waals surface area contributed by atoms with Gasteiger partial charge in [-0.3, -0.25) is 9.59 Å². The van der Waals surface area contributed by atoms with Gasteiger partial charge in [0, 0.05) is 10.0 Å². The van der Waals surface area contributed by atoms with Crippen LogP contribution < -0.4 is 11.1 Å². The Labute approximate surface area is 159 Å². The number of aliphatic carboxylic acids is 2. The third kappa shape index (κ3) is 8.22. The smallest absolute Gasteiger partial charge is 0.325 e. The number of benzene rings is 1. The standard InChI is InChI=1S/C9H9Cl2NO2.C7H9NO2S/c10-6-1-5(2-7(11)4-6)3-8(12)9(13)14;1-5(7(9)10)8-6-3-2-4-11-6/h1-2,4,8H,3,12H2,(H,13,14);2-5,8H,1H3,(H,9,10)/t8-;5-/m00/s1. The largest absolute Gasteiger partial charge is 0.480 e. The molecule has 0 saturated heterocycles. The molecule has 2 atom stereocenters. The fourth-order valence-corrected chi connectivity index (χ4v) is 2.98. The van der Waals surface area contributed by atoms with E-state index in [-0.39, 0.29) is 6.42 Å². The van der Waals surface area contributed by atoms with E-state index in [4.69, 9.17) is 39.1 Å². The predicted octanol–water partition coefficient (Wildman–Crippen LogP) is 3.58. The van der Waals surface area contributed by atoms with Crippen LogP contribution in [0.3, 0.4) is 0 Å². The molecule has 1 aromatic carbocycles. The monoisotopic (exact) mass is 404 g/mol. The Morgan fingerprint density at radius 2 is 1.80 bits per heavy atom. The first-order valence-corrected chi connectivity index (χ1v) is 8.78. The first kappa shape index (κ1) is 21.2. The molecule has 0 aliphatic rings. The van der Waals surface area contributed by atoms with Crippen LogP contribution in [-0.4, -0.2) is 34.2 Å². The minimum atomic E-state index is -1.04. The molecule has 5 N–H and O–H groups in total. The summed E-state index contributed by atoms with van der Waals surface area (Å²) in [7, 11) is 0. The Balaban J connectivity index is 0.000000257. The number of anilines is 1. The summed E-state index contributed by atoms with van der Waals surface area (Å²) in [6.07, 6.45) is 0.218. The lowest BCUT2D eigenvalue weighted by atomic mass is 10.1. The average Bonchev–Trinajstić information content (AvgIpc) is 2.99. The number of thiophene rings is 1. The number of nitrogens with one attached hydrogen (secondary N) is 1. The van der Waals surface area contributed by atoms with E-state index < -0.39 is 24.0 Å². The summed E-state index contributed by atoms with van der Waals surface area (Å²) >= 11 is 13.0. The molecule has 2 aromatic rings. The van der Waals surface area contributed by atoms with Crippen LogP contribution in [0.25, 0.3) is 0 Å². The van der Waals surface area contributed by atoms with Gasteiger partial charge >= 0.3 is 11.9 Å². The van der Waals surface area contributed by atoms with Gasteiger partial charge in [0.25, 0.3) is 0 Å². The maximum absolute atomic E-state index is 10.5. The summed E-state index contributed by atoms with van der Waals surface area (Å²) in [5.74, 6) is -1.88. The van der Waals surface area contributed by atoms with Gasteiger partial charge in [0.15, 0.2) is 0 Å². The van der Waals surface area contributed by atoms with Crippen LogP contribution >= 0.6 is 34.5 Å². The molecule has 0 unspecified atom stereocenters. The third-order valence-electron chi connectivity index (χ3n) is 2.95. The molecule has 0 bridgehead atoms. The number of halogens is 2. The number of hydrogen-bond acceptors (Lipinski definition) is 5. The molecule has 0 amide bonds. The maximum Gasteiger partial charge on any atom is 0.325 e. The average molecular weight is 405 g/mol. The van der Waals surface area contributed by atoms with Gasteiger partial charge in [0.1, 0.15) is 12.1 Å². The summed E-state index contributed by atoms with van der Waals surface area (Å²) in [6.45, 7) is 1.61. The van der Waals surface area contributed by atoms with Crippen molar-refractivity contribution >= 4 is 51.5 Å². The van der Waals surface area contributed by atoms with Crippen molar-refractivity contribution in [1.82, 2.24) is 0 Å². The number of rotatable bonds is 6. The second-order valence-corrected chi connectivity index (χ2v) is 6.93. The van der Waals surface area contributed by atoms with Crippen LogP contribution in [0.5, 0.6) is 0 Å². The van der Waals surface area contributed by atoms with Crippen LogP contribution in [0.15, 0.2) is 35.7 Å². The van der Waals surface area contributed by atoms with E-state index in [1.165, 1.54) is 11.3 Å². The van der Waals surface area contributed by atoms with Crippen LogP contribution in [-0.2, 0) is 16.0 Å². The van der Waals surface area contributed by atoms with E-state index >= 15 is 0 Å². The van der Waals surface area contributed by atoms with E-state index in [0.29, 0.717) is 10.0 Å². The Bertz CT molecular complexity index is 690. The molecule has 0 aliphatic heterocycles. The lowest BCUT2D eigenvalue weighted by Crippen LogP contribution is -2.32. The van der Waals surface area contributed by atoms with E-state index in [1.807, 2.05) is 17.5 Å². The number of carboxylic acids is 2. The molecule has 0 spiro atoms. The van der Waals surface area contributed by atoms with Crippen molar-refractivity contribution in [2.45, 2.75) is 25.4 Å². The summed E-state index contributed by atoms with van der Waals surface area (Å²) in [5.41, 5.74) is 6.08. The fourth-order valence-electron chi connectivity index (χ4n) is 1.71. The summed E-state index contributed by atoms with van der Waals surface area (Å²) in [6, 6.07) is 7.16. The quantitative estimate of drug-likeness (QED) is 0.584. The summed E-state index contributed by atoms with van der Waals surface area (Å²) in [5, 5.41) is 23.7.